The number of aromatic nitrogens is 4. The zero-order valence-corrected chi connectivity index (χ0v) is 18.9. The lowest BCUT2D eigenvalue weighted by Crippen LogP contribution is -2.38. The highest BCUT2D eigenvalue weighted by Gasteiger charge is 2.34. The van der Waals surface area contributed by atoms with Crippen LogP contribution in [0.2, 0.25) is 0 Å². The number of hydrogen-bond acceptors (Lipinski definition) is 7. The molecule has 0 amide bonds. The average molecular weight is 455 g/mol. The van der Waals surface area contributed by atoms with Crippen LogP contribution in [0, 0.1) is 6.92 Å². The van der Waals surface area contributed by atoms with Gasteiger partial charge in [-0.05, 0) is 50.3 Å². The molecule has 1 unspecified atom stereocenters. The van der Waals surface area contributed by atoms with Gasteiger partial charge in [0.15, 0.2) is 0 Å². The van der Waals surface area contributed by atoms with Crippen LogP contribution in [0.1, 0.15) is 47.6 Å². The number of halogens is 1. The first kappa shape index (κ1) is 22.2. The molecule has 168 valence electrons. The zero-order valence-electron chi connectivity index (χ0n) is 18.1. The van der Waals surface area contributed by atoms with Gasteiger partial charge in [-0.3, -0.25) is 4.68 Å². The lowest BCUT2D eigenvalue weighted by molar-refractivity contribution is 0.0600. The summed E-state index contributed by atoms with van der Waals surface area (Å²) in [6.45, 7) is 1.97. The quantitative estimate of drug-likeness (QED) is 0.561. The number of carbonyl (C=O) groups is 1. The van der Waals surface area contributed by atoms with Crippen molar-refractivity contribution >= 4 is 30.0 Å². The molecular formula is C23H27ClN6O2. The Morgan fingerprint density at radius 2 is 1.88 bits per heavy atom. The van der Waals surface area contributed by atoms with E-state index in [1.165, 1.54) is 20.0 Å². The number of benzene rings is 1. The third kappa shape index (κ3) is 4.47. The van der Waals surface area contributed by atoms with Gasteiger partial charge in [0.1, 0.15) is 0 Å². The molecular weight excluding hydrogens is 428 g/mol. The molecule has 4 heterocycles. The number of rotatable bonds is 5. The topological polar surface area (TPSA) is 94.0 Å². The number of methoxy groups -OCH3 is 1. The Kier molecular flexibility index (Phi) is 6.43. The summed E-state index contributed by atoms with van der Waals surface area (Å²) in [6, 6.07) is 8.91. The van der Waals surface area contributed by atoms with E-state index in [2.05, 4.69) is 25.4 Å². The van der Waals surface area contributed by atoms with E-state index in [-0.39, 0.29) is 18.4 Å². The number of aryl methyl sites for hydroxylation is 1. The smallest absolute Gasteiger partial charge is 0.337 e. The fourth-order valence-corrected chi connectivity index (χ4v) is 4.65. The first-order valence-corrected chi connectivity index (χ1v) is 10.7. The summed E-state index contributed by atoms with van der Waals surface area (Å²) in [4.78, 5) is 20.8. The van der Waals surface area contributed by atoms with Gasteiger partial charge in [-0.15, -0.1) is 12.4 Å². The second kappa shape index (κ2) is 9.26. The van der Waals surface area contributed by atoms with Crippen molar-refractivity contribution in [2.24, 2.45) is 0 Å². The number of fused-ring (bicyclic) bond motifs is 2. The Balaban J connectivity index is 0.00000245. The van der Waals surface area contributed by atoms with E-state index >= 15 is 0 Å². The van der Waals surface area contributed by atoms with Crippen LogP contribution in [-0.2, 0) is 4.74 Å². The Morgan fingerprint density at radius 1 is 1.16 bits per heavy atom. The molecule has 2 fully saturated rings. The molecule has 3 atom stereocenters. The van der Waals surface area contributed by atoms with E-state index < -0.39 is 0 Å². The van der Waals surface area contributed by atoms with E-state index in [1.54, 1.807) is 18.3 Å². The van der Waals surface area contributed by atoms with Crippen molar-refractivity contribution in [2.75, 3.05) is 12.4 Å². The molecule has 1 aromatic carbocycles. The number of hydrogen-bond donors (Lipinski definition) is 2. The first-order valence-electron chi connectivity index (χ1n) is 10.7. The molecule has 0 spiro atoms. The molecule has 5 rings (SSSR count). The van der Waals surface area contributed by atoms with E-state index in [1.807, 2.05) is 31.5 Å². The van der Waals surface area contributed by atoms with Crippen LogP contribution in [0.4, 0.5) is 11.6 Å². The molecule has 0 saturated carbocycles. The molecule has 2 aliphatic heterocycles. The molecule has 3 aromatic rings. The average Bonchev–Trinajstić information content (AvgIpc) is 3.40. The maximum absolute atomic E-state index is 11.7. The summed E-state index contributed by atoms with van der Waals surface area (Å²) in [7, 11) is 1.38. The van der Waals surface area contributed by atoms with Crippen molar-refractivity contribution in [2.45, 2.75) is 50.7 Å². The molecule has 9 heteroatoms. The third-order valence-corrected chi connectivity index (χ3v) is 6.23. The van der Waals surface area contributed by atoms with Gasteiger partial charge in [0.05, 0.1) is 36.3 Å². The van der Waals surface area contributed by atoms with Gasteiger partial charge in [-0.2, -0.15) is 5.10 Å². The van der Waals surface area contributed by atoms with Crippen LogP contribution >= 0.6 is 12.4 Å². The molecule has 2 saturated heterocycles. The lowest BCUT2D eigenvalue weighted by Gasteiger charge is -2.29. The monoisotopic (exact) mass is 454 g/mol. The summed E-state index contributed by atoms with van der Waals surface area (Å²) in [5, 5.41) is 11.5. The number of nitrogens with one attached hydrogen (secondary N) is 2. The number of carbonyl (C=O) groups excluding carboxylic acids is 1. The van der Waals surface area contributed by atoms with Crippen molar-refractivity contribution in [3.63, 3.8) is 0 Å². The second-order valence-electron chi connectivity index (χ2n) is 8.39. The molecule has 2 bridgehead atoms. The minimum absolute atomic E-state index is 0. The maximum Gasteiger partial charge on any atom is 0.337 e. The number of piperidine rings is 1. The molecule has 2 aliphatic rings. The van der Waals surface area contributed by atoms with Crippen LogP contribution < -0.4 is 10.6 Å². The third-order valence-electron chi connectivity index (χ3n) is 6.23. The maximum atomic E-state index is 11.7. The van der Waals surface area contributed by atoms with Gasteiger partial charge in [0.25, 0.3) is 0 Å². The predicted molar refractivity (Wildman–Crippen MR) is 125 cm³/mol. The van der Waals surface area contributed by atoms with Gasteiger partial charge in [-0.25, -0.2) is 14.8 Å². The van der Waals surface area contributed by atoms with Crippen LogP contribution in [0.5, 0.6) is 0 Å². The highest BCUT2D eigenvalue weighted by atomic mass is 35.5. The van der Waals surface area contributed by atoms with Gasteiger partial charge in [0.2, 0.25) is 5.95 Å². The standard InChI is InChI=1S/C23H26N6O2.ClH/c1-14-11-24-23(28-21(14)15-3-5-16(6-4-15)22(30)31-2)27-19-12-25-29(13-19)20-9-17-7-8-18(10-20)26-17;/h3-6,11-13,17-18,20,26H,7-10H2,1-2H3,(H,24,27,28);1H/t17-,18+,20?;. The van der Waals surface area contributed by atoms with Gasteiger partial charge in [-0.1, -0.05) is 12.1 Å². The van der Waals surface area contributed by atoms with Crippen molar-refractivity contribution < 1.29 is 9.53 Å². The minimum Gasteiger partial charge on any atom is -0.465 e. The zero-order chi connectivity index (χ0) is 21.4. The van der Waals surface area contributed by atoms with E-state index in [4.69, 9.17) is 9.72 Å². The first-order chi connectivity index (χ1) is 15.1. The van der Waals surface area contributed by atoms with E-state index in [9.17, 15) is 4.79 Å². The number of anilines is 2. The second-order valence-corrected chi connectivity index (χ2v) is 8.39. The normalized spacial score (nSPS) is 21.6. The Hall–Kier alpha value is -2.97. The van der Waals surface area contributed by atoms with Crippen LogP contribution in [0.25, 0.3) is 11.3 Å². The van der Waals surface area contributed by atoms with Gasteiger partial charge < -0.3 is 15.4 Å². The minimum atomic E-state index is -0.355. The molecule has 0 aliphatic carbocycles. The predicted octanol–water partition coefficient (Wildman–Crippen LogP) is 4.06. The van der Waals surface area contributed by atoms with Gasteiger partial charge in [0, 0.05) is 30.0 Å². The molecule has 2 aromatic heterocycles. The number of esters is 1. The molecule has 2 N–H and O–H groups in total. The van der Waals surface area contributed by atoms with E-state index in [0.717, 1.165) is 35.3 Å². The lowest BCUT2D eigenvalue weighted by atomic mass is 10.0. The van der Waals surface area contributed by atoms with Crippen molar-refractivity contribution in [3.05, 3.63) is 54.0 Å². The van der Waals surface area contributed by atoms with Crippen molar-refractivity contribution in [3.8, 4) is 11.3 Å². The molecule has 0 radical (unpaired) electrons. The summed E-state index contributed by atoms with van der Waals surface area (Å²) in [6.07, 6.45) is 10.5. The summed E-state index contributed by atoms with van der Waals surface area (Å²) < 4.78 is 6.84. The SMILES string of the molecule is COC(=O)c1ccc(-c2nc(Nc3cnn(C4C[C@H]5CC[C@@H](C4)N5)c3)ncc2C)cc1.Cl. The number of nitrogens with zero attached hydrogens (tertiary/aromatic N) is 4. The van der Waals surface area contributed by atoms with Crippen LogP contribution in [0.15, 0.2) is 42.9 Å². The van der Waals surface area contributed by atoms with Crippen LogP contribution in [-0.4, -0.2) is 44.9 Å². The van der Waals surface area contributed by atoms with E-state index in [0.29, 0.717) is 29.6 Å². The Labute approximate surface area is 193 Å². The highest BCUT2D eigenvalue weighted by Crippen LogP contribution is 2.34. The molecule has 8 nitrogen and oxygen atoms in total. The largest absolute Gasteiger partial charge is 0.465 e. The number of ether oxygens (including phenoxy) is 1. The summed E-state index contributed by atoms with van der Waals surface area (Å²) in [5.41, 5.74) is 4.07. The fourth-order valence-electron chi connectivity index (χ4n) is 4.65. The van der Waals surface area contributed by atoms with Crippen molar-refractivity contribution in [1.29, 1.82) is 0 Å². The summed E-state index contributed by atoms with van der Waals surface area (Å²) in [5.74, 6) is 0.162. The fraction of sp³-hybridized carbons (Fsp3) is 0.391. The molecule has 32 heavy (non-hydrogen) atoms. The Bertz CT molecular complexity index is 1090. The van der Waals surface area contributed by atoms with Gasteiger partial charge >= 0.3 is 5.97 Å². The summed E-state index contributed by atoms with van der Waals surface area (Å²) >= 11 is 0. The Morgan fingerprint density at radius 3 is 2.56 bits per heavy atom. The van der Waals surface area contributed by atoms with Crippen molar-refractivity contribution in [1.82, 2.24) is 25.1 Å². The van der Waals surface area contributed by atoms with Crippen LogP contribution in [0.3, 0.4) is 0 Å². The highest BCUT2D eigenvalue weighted by molar-refractivity contribution is 5.90.